The van der Waals surface area contributed by atoms with Crippen LogP contribution in [0.3, 0.4) is 0 Å². The van der Waals surface area contributed by atoms with Gasteiger partial charge in [-0.15, -0.1) is 11.3 Å². The van der Waals surface area contributed by atoms with Crippen molar-refractivity contribution in [1.29, 1.82) is 0 Å². The smallest absolute Gasteiger partial charge is 0.226 e. The maximum atomic E-state index is 13.6. The lowest BCUT2D eigenvalue weighted by Crippen LogP contribution is -2.28. The second-order valence-electron chi connectivity index (χ2n) is 5.86. The number of nitrogens with zero attached hydrogens (tertiary/aromatic N) is 1. The number of benzene rings is 2. The van der Waals surface area contributed by atoms with Gasteiger partial charge < -0.3 is 5.32 Å². The van der Waals surface area contributed by atoms with E-state index < -0.39 is 0 Å². The minimum atomic E-state index is -0.203. The van der Waals surface area contributed by atoms with Crippen molar-refractivity contribution in [3.05, 3.63) is 82.6 Å². The summed E-state index contributed by atoms with van der Waals surface area (Å²) in [6, 6.07) is 16.5. The van der Waals surface area contributed by atoms with Crippen molar-refractivity contribution in [2.24, 2.45) is 0 Å². The van der Waals surface area contributed by atoms with Crippen LogP contribution in [0.15, 0.2) is 64.3 Å². The van der Waals surface area contributed by atoms with Gasteiger partial charge in [-0.2, -0.15) is 0 Å². The number of hydrogen-bond acceptors (Lipinski definition) is 4. The molecule has 0 radical (unpaired) electrons. The number of thioether (sulfide) groups is 1. The van der Waals surface area contributed by atoms with Crippen LogP contribution in [0.4, 0.5) is 4.39 Å². The van der Waals surface area contributed by atoms with E-state index in [4.69, 9.17) is 0 Å². The van der Waals surface area contributed by atoms with Crippen LogP contribution >= 0.6 is 23.1 Å². The van der Waals surface area contributed by atoms with Gasteiger partial charge in [-0.1, -0.05) is 60.3 Å². The fourth-order valence-corrected chi connectivity index (χ4v) is 4.30. The number of hydrogen-bond donors (Lipinski definition) is 1. The van der Waals surface area contributed by atoms with Crippen LogP contribution in [0.25, 0.3) is 0 Å². The topological polar surface area (TPSA) is 42.0 Å². The fourth-order valence-electron chi connectivity index (χ4n) is 2.47. The number of rotatable bonds is 7. The Morgan fingerprint density at radius 3 is 2.69 bits per heavy atom. The zero-order valence-electron chi connectivity index (χ0n) is 14.3. The van der Waals surface area contributed by atoms with Gasteiger partial charge in [0.05, 0.1) is 18.2 Å². The molecule has 2 aromatic carbocycles. The minimum absolute atomic E-state index is 0.0442. The summed E-state index contributed by atoms with van der Waals surface area (Å²) in [5, 5.41) is 4.87. The average Bonchev–Trinajstić information content (AvgIpc) is 3.09. The standard InChI is InChI=1S/C20H19FN2OS2/c1-14(15-7-3-2-4-8-15)22-19(24)11-17-13-26-20(23-17)25-12-16-9-5-6-10-18(16)21/h2-10,13-14H,11-12H2,1H3,(H,22,24). The van der Waals surface area contributed by atoms with Gasteiger partial charge in [-0.05, 0) is 24.1 Å². The number of nitrogens with one attached hydrogen (secondary N) is 1. The molecule has 0 bridgehead atoms. The summed E-state index contributed by atoms with van der Waals surface area (Å²) in [7, 11) is 0. The molecule has 134 valence electrons. The molecule has 1 aromatic heterocycles. The van der Waals surface area contributed by atoms with E-state index in [1.807, 2.05) is 48.7 Å². The van der Waals surface area contributed by atoms with Gasteiger partial charge in [-0.3, -0.25) is 4.79 Å². The van der Waals surface area contributed by atoms with Crippen LogP contribution in [0.5, 0.6) is 0 Å². The van der Waals surface area contributed by atoms with Gasteiger partial charge >= 0.3 is 0 Å². The van der Waals surface area contributed by atoms with Crippen molar-refractivity contribution < 1.29 is 9.18 Å². The Labute approximate surface area is 160 Å². The number of halogens is 1. The summed E-state index contributed by atoms with van der Waals surface area (Å²) in [4.78, 5) is 16.7. The van der Waals surface area contributed by atoms with Crippen molar-refractivity contribution in [1.82, 2.24) is 10.3 Å². The Morgan fingerprint density at radius 2 is 1.92 bits per heavy atom. The monoisotopic (exact) mass is 386 g/mol. The number of amides is 1. The van der Waals surface area contributed by atoms with Crippen molar-refractivity contribution in [2.45, 2.75) is 29.5 Å². The third-order valence-electron chi connectivity index (χ3n) is 3.86. The van der Waals surface area contributed by atoms with E-state index in [1.54, 1.807) is 12.1 Å². The molecule has 0 aliphatic rings. The van der Waals surface area contributed by atoms with Crippen LogP contribution in [0, 0.1) is 5.82 Å². The molecule has 26 heavy (non-hydrogen) atoms. The first-order chi connectivity index (χ1) is 12.6. The molecule has 0 saturated heterocycles. The van der Waals surface area contributed by atoms with E-state index in [0.717, 1.165) is 15.6 Å². The molecule has 3 aromatic rings. The van der Waals surface area contributed by atoms with Gasteiger partial charge in [0.1, 0.15) is 10.2 Å². The highest BCUT2D eigenvalue weighted by molar-refractivity contribution is 8.00. The predicted octanol–water partition coefficient (Wildman–Crippen LogP) is 4.99. The first-order valence-electron chi connectivity index (χ1n) is 8.27. The molecule has 0 fully saturated rings. The van der Waals surface area contributed by atoms with Gasteiger partial charge in [0, 0.05) is 11.1 Å². The summed E-state index contributed by atoms with van der Waals surface area (Å²) in [5.41, 5.74) is 2.47. The second-order valence-corrected chi connectivity index (χ2v) is 7.94. The van der Waals surface area contributed by atoms with E-state index in [-0.39, 0.29) is 24.2 Å². The highest BCUT2D eigenvalue weighted by Crippen LogP contribution is 2.27. The van der Waals surface area contributed by atoms with E-state index in [1.165, 1.54) is 29.2 Å². The van der Waals surface area contributed by atoms with Gasteiger partial charge in [0.2, 0.25) is 5.91 Å². The first-order valence-corrected chi connectivity index (χ1v) is 10.1. The molecule has 1 atom stereocenters. The molecule has 1 heterocycles. The molecular weight excluding hydrogens is 367 g/mol. The predicted molar refractivity (Wildman–Crippen MR) is 105 cm³/mol. The summed E-state index contributed by atoms with van der Waals surface area (Å²) in [6.45, 7) is 1.96. The van der Waals surface area contributed by atoms with Crippen LogP contribution in [-0.4, -0.2) is 10.9 Å². The lowest BCUT2D eigenvalue weighted by molar-refractivity contribution is -0.121. The van der Waals surface area contributed by atoms with Crippen LogP contribution < -0.4 is 5.32 Å². The molecule has 3 rings (SSSR count). The summed E-state index contributed by atoms with van der Waals surface area (Å²) in [5.74, 6) is 0.264. The number of aromatic nitrogens is 1. The van der Waals surface area contributed by atoms with Crippen LogP contribution in [0.2, 0.25) is 0 Å². The molecule has 1 unspecified atom stereocenters. The SMILES string of the molecule is CC(NC(=O)Cc1csc(SCc2ccccc2F)n1)c1ccccc1. The van der Waals surface area contributed by atoms with E-state index in [9.17, 15) is 9.18 Å². The number of carbonyl (C=O) groups is 1. The quantitative estimate of drug-likeness (QED) is 0.582. The zero-order valence-corrected chi connectivity index (χ0v) is 15.9. The third-order valence-corrected chi connectivity index (χ3v) is 5.98. The van der Waals surface area contributed by atoms with Crippen molar-refractivity contribution in [3.63, 3.8) is 0 Å². The van der Waals surface area contributed by atoms with Crippen LogP contribution in [-0.2, 0) is 17.0 Å². The Morgan fingerprint density at radius 1 is 1.19 bits per heavy atom. The maximum absolute atomic E-state index is 13.6. The lowest BCUT2D eigenvalue weighted by Gasteiger charge is -2.13. The van der Waals surface area contributed by atoms with Gasteiger partial charge in [-0.25, -0.2) is 9.37 Å². The Kier molecular flexibility index (Phi) is 6.41. The highest BCUT2D eigenvalue weighted by Gasteiger charge is 2.12. The normalized spacial score (nSPS) is 11.9. The largest absolute Gasteiger partial charge is 0.349 e. The molecular formula is C20H19FN2OS2. The molecule has 0 aliphatic carbocycles. The summed E-state index contributed by atoms with van der Waals surface area (Å²) in [6.07, 6.45) is 0.244. The molecule has 6 heteroatoms. The van der Waals surface area contributed by atoms with Gasteiger partial charge in [0.15, 0.2) is 0 Å². The van der Waals surface area contributed by atoms with E-state index in [2.05, 4.69) is 10.3 Å². The summed E-state index contributed by atoms with van der Waals surface area (Å²) < 4.78 is 14.5. The Hall–Kier alpha value is -2.18. The Bertz CT molecular complexity index is 867. The van der Waals surface area contributed by atoms with Gasteiger partial charge in [0.25, 0.3) is 0 Å². The molecule has 3 nitrogen and oxygen atoms in total. The van der Waals surface area contributed by atoms with E-state index in [0.29, 0.717) is 11.3 Å². The highest BCUT2D eigenvalue weighted by atomic mass is 32.2. The molecule has 0 aliphatic heterocycles. The number of thiazole rings is 1. The van der Waals surface area contributed by atoms with E-state index >= 15 is 0 Å². The van der Waals surface area contributed by atoms with Crippen molar-refractivity contribution >= 4 is 29.0 Å². The lowest BCUT2D eigenvalue weighted by atomic mass is 10.1. The van der Waals surface area contributed by atoms with Crippen LogP contribution in [0.1, 0.15) is 29.8 Å². The molecule has 0 saturated carbocycles. The number of carbonyl (C=O) groups excluding carboxylic acids is 1. The Balaban J connectivity index is 1.51. The molecule has 1 N–H and O–H groups in total. The van der Waals surface area contributed by atoms with Crippen molar-refractivity contribution in [3.8, 4) is 0 Å². The molecule has 0 spiro atoms. The third kappa shape index (κ3) is 5.16. The molecule has 1 amide bonds. The average molecular weight is 387 g/mol. The fraction of sp³-hybridized carbons (Fsp3) is 0.200. The summed E-state index contributed by atoms with van der Waals surface area (Å²) >= 11 is 2.96. The minimum Gasteiger partial charge on any atom is -0.349 e. The zero-order chi connectivity index (χ0) is 18.4. The first kappa shape index (κ1) is 18.6. The maximum Gasteiger partial charge on any atom is 0.226 e. The second kappa shape index (κ2) is 8.96. The van der Waals surface area contributed by atoms with Crippen molar-refractivity contribution in [2.75, 3.05) is 0 Å².